The van der Waals surface area contributed by atoms with E-state index in [9.17, 15) is 0 Å². The number of benzene rings is 4. The molecule has 32 heavy (non-hydrogen) atoms. The fourth-order valence-electron chi connectivity index (χ4n) is 4.45. The van der Waals surface area contributed by atoms with E-state index in [4.69, 9.17) is 9.31 Å². The molecule has 0 unspecified atom stereocenters. The normalized spacial score (nSPS) is 17.6. The Kier molecular flexibility index (Phi) is 4.32. The summed E-state index contributed by atoms with van der Waals surface area (Å²) in [7, 11) is -0.326. The van der Waals surface area contributed by atoms with Crippen molar-refractivity contribution in [3.05, 3.63) is 78.9 Å². The van der Waals surface area contributed by atoms with E-state index < -0.39 is 0 Å². The molecule has 2 nitrogen and oxygen atoms in total. The Morgan fingerprint density at radius 2 is 1.22 bits per heavy atom. The van der Waals surface area contributed by atoms with E-state index in [1.807, 2.05) is 11.3 Å². The molecule has 0 radical (unpaired) electrons. The molecule has 2 heterocycles. The van der Waals surface area contributed by atoms with Crippen molar-refractivity contribution in [2.45, 2.75) is 38.9 Å². The van der Waals surface area contributed by atoms with Gasteiger partial charge in [-0.3, -0.25) is 0 Å². The third kappa shape index (κ3) is 3.09. The van der Waals surface area contributed by atoms with E-state index in [0.29, 0.717) is 0 Å². The van der Waals surface area contributed by atoms with Crippen LogP contribution in [-0.2, 0) is 9.31 Å². The van der Waals surface area contributed by atoms with Gasteiger partial charge in [-0.1, -0.05) is 60.7 Å². The lowest BCUT2D eigenvalue weighted by atomic mass is 9.78. The zero-order valence-corrected chi connectivity index (χ0v) is 19.6. The van der Waals surface area contributed by atoms with Crippen LogP contribution in [0.3, 0.4) is 0 Å². The monoisotopic (exact) mass is 436 g/mol. The van der Waals surface area contributed by atoms with E-state index in [1.165, 1.54) is 42.1 Å². The molecule has 4 aromatic carbocycles. The van der Waals surface area contributed by atoms with Crippen molar-refractivity contribution in [3.63, 3.8) is 0 Å². The number of rotatable bonds is 2. The van der Waals surface area contributed by atoms with Crippen LogP contribution in [-0.4, -0.2) is 18.3 Å². The summed E-state index contributed by atoms with van der Waals surface area (Å²) >= 11 is 1.87. The molecule has 0 bridgehead atoms. The number of hydrogen-bond donors (Lipinski definition) is 0. The minimum absolute atomic E-state index is 0.326. The Bertz CT molecular complexity index is 1460. The van der Waals surface area contributed by atoms with Crippen LogP contribution in [0.4, 0.5) is 0 Å². The number of fused-ring (bicyclic) bond motifs is 4. The van der Waals surface area contributed by atoms with E-state index in [-0.39, 0.29) is 18.3 Å². The fraction of sp³-hybridized carbons (Fsp3) is 0.214. The van der Waals surface area contributed by atoms with Crippen LogP contribution in [0.5, 0.6) is 0 Å². The molecule has 0 N–H and O–H groups in total. The third-order valence-electron chi connectivity index (χ3n) is 7.11. The van der Waals surface area contributed by atoms with Gasteiger partial charge in [-0.25, -0.2) is 0 Å². The maximum atomic E-state index is 6.20. The van der Waals surface area contributed by atoms with E-state index in [1.54, 1.807) is 0 Å². The number of hydrogen-bond acceptors (Lipinski definition) is 3. The summed E-state index contributed by atoms with van der Waals surface area (Å²) in [5.41, 5.74) is 2.84. The van der Waals surface area contributed by atoms with E-state index in [2.05, 4.69) is 107 Å². The van der Waals surface area contributed by atoms with Gasteiger partial charge in [-0.2, -0.15) is 0 Å². The van der Waals surface area contributed by atoms with Crippen LogP contribution in [0.2, 0.25) is 0 Å². The van der Waals surface area contributed by atoms with Crippen LogP contribution in [0.25, 0.3) is 42.1 Å². The molecular formula is C28H25BO2S. The second kappa shape index (κ2) is 6.92. The quantitative estimate of drug-likeness (QED) is 0.273. The highest BCUT2D eigenvalue weighted by atomic mass is 32.1. The van der Waals surface area contributed by atoms with Gasteiger partial charge < -0.3 is 9.31 Å². The Balaban J connectivity index is 1.35. The molecule has 158 valence electrons. The summed E-state index contributed by atoms with van der Waals surface area (Å²) in [6.45, 7) is 8.35. The second-order valence-corrected chi connectivity index (χ2v) is 10.8. The molecule has 5 aromatic rings. The Morgan fingerprint density at radius 1 is 0.625 bits per heavy atom. The summed E-state index contributed by atoms with van der Waals surface area (Å²) < 4.78 is 15.1. The maximum absolute atomic E-state index is 6.20. The molecule has 0 aliphatic carbocycles. The highest BCUT2D eigenvalue weighted by Crippen LogP contribution is 2.39. The lowest BCUT2D eigenvalue weighted by molar-refractivity contribution is 0.00578. The molecule has 0 atom stereocenters. The molecule has 1 aliphatic rings. The van der Waals surface area contributed by atoms with Crippen LogP contribution in [0.15, 0.2) is 78.9 Å². The fourth-order valence-corrected chi connectivity index (χ4v) is 5.63. The molecule has 1 fully saturated rings. The van der Waals surface area contributed by atoms with E-state index in [0.717, 1.165) is 5.46 Å². The minimum Gasteiger partial charge on any atom is -0.399 e. The average Bonchev–Trinajstić information content (AvgIpc) is 3.23. The number of thiophene rings is 1. The summed E-state index contributed by atoms with van der Waals surface area (Å²) in [6, 6.07) is 28.6. The zero-order chi connectivity index (χ0) is 22.1. The first-order valence-corrected chi connectivity index (χ1v) is 11.9. The first kappa shape index (κ1) is 20.0. The van der Waals surface area contributed by atoms with Gasteiger partial charge in [0.05, 0.1) is 11.2 Å². The van der Waals surface area contributed by atoms with Gasteiger partial charge in [-0.15, -0.1) is 11.3 Å². The van der Waals surface area contributed by atoms with Gasteiger partial charge in [-0.05, 0) is 73.3 Å². The van der Waals surface area contributed by atoms with Crippen LogP contribution < -0.4 is 5.46 Å². The first-order valence-electron chi connectivity index (χ1n) is 11.1. The van der Waals surface area contributed by atoms with Crippen molar-refractivity contribution in [2.24, 2.45) is 0 Å². The van der Waals surface area contributed by atoms with Gasteiger partial charge in [0.1, 0.15) is 0 Å². The first-order chi connectivity index (χ1) is 15.3. The van der Waals surface area contributed by atoms with Crippen molar-refractivity contribution in [1.29, 1.82) is 0 Å². The van der Waals surface area contributed by atoms with Gasteiger partial charge in [0.25, 0.3) is 0 Å². The predicted octanol–water partition coefficient (Wildman–Crippen LogP) is 7.17. The molecule has 1 aromatic heterocycles. The molecule has 6 rings (SSSR count). The lowest BCUT2D eigenvalue weighted by Crippen LogP contribution is -2.41. The Hall–Kier alpha value is -2.66. The molecule has 0 amide bonds. The molecule has 1 aliphatic heterocycles. The maximum Gasteiger partial charge on any atom is 0.494 e. The summed E-state index contributed by atoms with van der Waals surface area (Å²) in [6.07, 6.45) is 0. The van der Waals surface area contributed by atoms with Crippen molar-refractivity contribution < 1.29 is 9.31 Å². The molecule has 1 saturated heterocycles. The lowest BCUT2D eigenvalue weighted by Gasteiger charge is -2.32. The van der Waals surface area contributed by atoms with Crippen LogP contribution >= 0.6 is 11.3 Å². The van der Waals surface area contributed by atoms with Gasteiger partial charge in [0, 0.05) is 20.2 Å². The largest absolute Gasteiger partial charge is 0.494 e. The minimum atomic E-state index is -0.326. The Morgan fingerprint density at radius 3 is 1.91 bits per heavy atom. The molecule has 4 heteroatoms. The summed E-state index contributed by atoms with van der Waals surface area (Å²) in [5.74, 6) is 0. The second-order valence-electron chi connectivity index (χ2n) is 9.72. The van der Waals surface area contributed by atoms with Crippen molar-refractivity contribution in [1.82, 2.24) is 0 Å². The standard InChI is InChI=1S/C28H25BO2S/c1-27(2)28(3,4)31-29(30-27)22-12-9-18(10-13-22)21-11-14-23-24-15-19-7-5-6-8-20(19)16-26(24)32-25(23)17-21/h5-17H,1-4H3. The zero-order valence-electron chi connectivity index (χ0n) is 18.8. The predicted molar refractivity (Wildman–Crippen MR) is 138 cm³/mol. The molecule has 0 saturated carbocycles. The summed E-state index contributed by atoms with van der Waals surface area (Å²) in [5, 5.41) is 5.26. The topological polar surface area (TPSA) is 18.5 Å². The third-order valence-corrected chi connectivity index (χ3v) is 8.22. The smallest absolute Gasteiger partial charge is 0.399 e. The van der Waals surface area contributed by atoms with Crippen molar-refractivity contribution in [2.75, 3.05) is 0 Å². The van der Waals surface area contributed by atoms with Crippen molar-refractivity contribution in [3.8, 4) is 11.1 Å². The van der Waals surface area contributed by atoms with Gasteiger partial charge in [0.15, 0.2) is 0 Å². The Labute approximate surface area is 192 Å². The summed E-state index contributed by atoms with van der Waals surface area (Å²) in [4.78, 5) is 0. The SMILES string of the molecule is CC1(C)OB(c2ccc(-c3ccc4c(c3)sc3cc5ccccc5cc34)cc2)OC1(C)C. The van der Waals surface area contributed by atoms with Crippen LogP contribution in [0.1, 0.15) is 27.7 Å². The van der Waals surface area contributed by atoms with Gasteiger partial charge >= 0.3 is 7.12 Å². The molecule has 0 spiro atoms. The average molecular weight is 436 g/mol. The molecular weight excluding hydrogens is 411 g/mol. The van der Waals surface area contributed by atoms with Crippen LogP contribution in [0, 0.1) is 0 Å². The van der Waals surface area contributed by atoms with E-state index >= 15 is 0 Å². The van der Waals surface area contributed by atoms with Gasteiger partial charge in [0.2, 0.25) is 0 Å². The highest BCUT2D eigenvalue weighted by molar-refractivity contribution is 7.25. The van der Waals surface area contributed by atoms with Crippen molar-refractivity contribution >= 4 is 54.9 Å². The highest BCUT2D eigenvalue weighted by Gasteiger charge is 2.51.